The zero-order valence-electron chi connectivity index (χ0n) is 16.2. The molecule has 5 heteroatoms. The van der Waals surface area contributed by atoms with Gasteiger partial charge < -0.3 is 10.5 Å². The van der Waals surface area contributed by atoms with Crippen LogP contribution in [0.1, 0.15) is 22.3 Å². The van der Waals surface area contributed by atoms with Gasteiger partial charge in [-0.1, -0.05) is 36.4 Å². The largest absolute Gasteiger partial charge is 0.497 e. The third-order valence-corrected chi connectivity index (χ3v) is 5.38. The van der Waals surface area contributed by atoms with Crippen molar-refractivity contribution in [2.24, 2.45) is 5.73 Å². The van der Waals surface area contributed by atoms with Crippen molar-refractivity contribution in [1.82, 2.24) is 0 Å². The van der Waals surface area contributed by atoms with Gasteiger partial charge >= 0.3 is 0 Å². The minimum absolute atomic E-state index is 0.233. The van der Waals surface area contributed by atoms with Gasteiger partial charge in [-0.2, -0.15) is 0 Å². The summed E-state index contributed by atoms with van der Waals surface area (Å²) in [4.78, 5) is 28.7. The fourth-order valence-corrected chi connectivity index (χ4v) is 3.73. The van der Waals surface area contributed by atoms with Crippen molar-refractivity contribution in [3.63, 3.8) is 0 Å². The van der Waals surface area contributed by atoms with Crippen LogP contribution in [-0.2, 0) is 11.2 Å². The van der Waals surface area contributed by atoms with E-state index in [1.165, 1.54) is 0 Å². The summed E-state index contributed by atoms with van der Waals surface area (Å²) in [5, 5.41) is 0. The van der Waals surface area contributed by atoms with Crippen LogP contribution in [0.4, 0.5) is 11.4 Å². The van der Waals surface area contributed by atoms with Crippen molar-refractivity contribution >= 4 is 23.1 Å². The number of methoxy groups -OCH3 is 1. The molecular formula is C24H22N2O3. The summed E-state index contributed by atoms with van der Waals surface area (Å²) >= 11 is 0. The maximum Gasteiger partial charge on any atom is 0.259 e. The van der Waals surface area contributed by atoms with E-state index >= 15 is 0 Å². The molecule has 0 bridgehead atoms. The number of fused-ring (bicyclic) bond motifs is 1. The molecule has 3 aromatic carbocycles. The number of amides is 1. The van der Waals surface area contributed by atoms with Crippen molar-refractivity contribution in [1.29, 1.82) is 0 Å². The van der Waals surface area contributed by atoms with Crippen LogP contribution < -0.4 is 15.4 Å². The standard InChI is InChI=1S/C24H22N2O3/c1-29-20-13-11-18(12-14-20)22(27)24(25)16-15-17-7-5-6-10-21(17)26(23(24)28)19-8-3-2-4-9-19/h2-14H,15-16,25H2,1H3. The molecule has 1 atom stereocenters. The highest BCUT2D eigenvalue weighted by Crippen LogP contribution is 2.37. The Balaban J connectivity index is 1.81. The molecule has 2 N–H and O–H groups in total. The van der Waals surface area contributed by atoms with E-state index in [1.807, 2.05) is 54.6 Å². The SMILES string of the molecule is COc1ccc(C(=O)C2(N)CCc3ccccc3N(c3ccccc3)C2=O)cc1. The number of nitrogens with zero attached hydrogens (tertiary/aromatic N) is 1. The molecule has 0 saturated carbocycles. The van der Waals surface area contributed by atoms with Crippen LogP contribution in [0.5, 0.6) is 5.75 Å². The summed E-state index contributed by atoms with van der Waals surface area (Å²) < 4.78 is 5.16. The molecule has 0 aromatic heterocycles. The van der Waals surface area contributed by atoms with E-state index in [4.69, 9.17) is 10.5 Å². The Morgan fingerprint density at radius 1 is 0.966 bits per heavy atom. The molecule has 1 amide bonds. The Kier molecular flexibility index (Phi) is 4.91. The fraction of sp³-hybridized carbons (Fsp3) is 0.167. The molecule has 4 rings (SSSR count). The van der Waals surface area contributed by atoms with Crippen LogP contribution in [0.2, 0.25) is 0 Å². The number of aryl methyl sites for hydroxylation is 1. The van der Waals surface area contributed by atoms with Gasteiger partial charge in [0.25, 0.3) is 5.91 Å². The van der Waals surface area contributed by atoms with E-state index in [0.29, 0.717) is 23.4 Å². The number of hydrogen-bond donors (Lipinski definition) is 1. The maximum absolute atomic E-state index is 13.7. The van der Waals surface area contributed by atoms with E-state index in [1.54, 1.807) is 36.3 Å². The number of nitrogens with two attached hydrogens (primary N) is 1. The second kappa shape index (κ2) is 7.53. The van der Waals surface area contributed by atoms with Crippen molar-refractivity contribution in [2.75, 3.05) is 12.0 Å². The summed E-state index contributed by atoms with van der Waals surface area (Å²) in [5.41, 5.74) is 7.74. The predicted octanol–water partition coefficient (Wildman–Crippen LogP) is 3.89. The molecule has 0 fully saturated rings. The first-order valence-corrected chi connectivity index (χ1v) is 9.50. The molecule has 1 unspecified atom stereocenters. The molecule has 0 radical (unpaired) electrons. The van der Waals surface area contributed by atoms with Crippen molar-refractivity contribution in [2.45, 2.75) is 18.4 Å². The van der Waals surface area contributed by atoms with E-state index in [-0.39, 0.29) is 12.2 Å². The quantitative estimate of drug-likeness (QED) is 0.545. The Hall–Kier alpha value is -3.44. The number of carbonyl (C=O) groups excluding carboxylic acids is 2. The number of anilines is 2. The number of benzene rings is 3. The average molecular weight is 386 g/mol. The van der Waals surface area contributed by atoms with Crippen LogP contribution in [0.15, 0.2) is 78.9 Å². The summed E-state index contributed by atoms with van der Waals surface area (Å²) in [5.74, 6) is -0.175. The number of ether oxygens (including phenoxy) is 1. The number of rotatable bonds is 4. The molecule has 0 spiro atoms. The van der Waals surface area contributed by atoms with Crippen LogP contribution in [-0.4, -0.2) is 24.3 Å². The third-order valence-electron chi connectivity index (χ3n) is 5.38. The Bertz CT molecular complexity index is 1050. The van der Waals surface area contributed by atoms with Gasteiger partial charge in [0.15, 0.2) is 11.3 Å². The lowest BCUT2D eigenvalue weighted by Crippen LogP contribution is -2.59. The zero-order chi connectivity index (χ0) is 20.4. The van der Waals surface area contributed by atoms with E-state index in [0.717, 1.165) is 11.3 Å². The number of para-hydroxylation sites is 2. The highest BCUT2D eigenvalue weighted by atomic mass is 16.5. The highest BCUT2D eigenvalue weighted by molar-refractivity contribution is 6.24. The number of ketones is 1. The van der Waals surface area contributed by atoms with Crippen LogP contribution >= 0.6 is 0 Å². The molecule has 0 aliphatic carbocycles. The third kappa shape index (κ3) is 3.30. The van der Waals surface area contributed by atoms with E-state index < -0.39 is 11.4 Å². The molecule has 29 heavy (non-hydrogen) atoms. The molecule has 146 valence electrons. The molecular weight excluding hydrogens is 364 g/mol. The summed E-state index contributed by atoms with van der Waals surface area (Å²) in [6, 6.07) is 23.7. The normalized spacial score (nSPS) is 18.7. The van der Waals surface area contributed by atoms with Crippen LogP contribution in [0.25, 0.3) is 0 Å². The van der Waals surface area contributed by atoms with Crippen molar-refractivity contribution in [3.8, 4) is 5.75 Å². The molecule has 1 aliphatic rings. The van der Waals surface area contributed by atoms with Crippen molar-refractivity contribution in [3.05, 3.63) is 90.0 Å². The van der Waals surface area contributed by atoms with Gasteiger partial charge in [0.2, 0.25) is 0 Å². The van der Waals surface area contributed by atoms with Gasteiger partial charge in [-0.3, -0.25) is 14.5 Å². The fourth-order valence-electron chi connectivity index (χ4n) is 3.73. The van der Waals surface area contributed by atoms with Gasteiger partial charge in [-0.25, -0.2) is 0 Å². The predicted molar refractivity (Wildman–Crippen MR) is 113 cm³/mol. The van der Waals surface area contributed by atoms with Gasteiger partial charge in [-0.05, 0) is 60.9 Å². The number of hydrogen-bond acceptors (Lipinski definition) is 4. The van der Waals surface area contributed by atoms with Gasteiger partial charge in [0.05, 0.1) is 12.8 Å². The molecule has 5 nitrogen and oxygen atoms in total. The van der Waals surface area contributed by atoms with E-state index in [9.17, 15) is 9.59 Å². The molecule has 0 saturated heterocycles. The Morgan fingerprint density at radius 2 is 1.62 bits per heavy atom. The van der Waals surface area contributed by atoms with E-state index in [2.05, 4.69) is 0 Å². The maximum atomic E-state index is 13.7. The smallest absolute Gasteiger partial charge is 0.259 e. The first kappa shape index (κ1) is 18.9. The van der Waals surface area contributed by atoms with Gasteiger partial charge in [0.1, 0.15) is 5.75 Å². The lowest BCUT2D eigenvalue weighted by Gasteiger charge is -2.31. The summed E-state index contributed by atoms with van der Waals surface area (Å²) in [6.45, 7) is 0. The second-order valence-electron chi connectivity index (χ2n) is 7.13. The first-order valence-electron chi connectivity index (χ1n) is 9.50. The molecule has 3 aromatic rings. The number of carbonyl (C=O) groups is 2. The van der Waals surface area contributed by atoms with Crippen LogP contribution in [0.3, 0.4) is 0 Å². The summed E-state index contributed by atoms with van der Waals surface area (Å²) in [6.07, 6.45) is 0.765. The van der Waals surface area contributed by atoms with Crippen LogP contribution in [0, 0.1) is 0 Å². The minimum atomic E-state index is -1.66. The average Bonchev–Trinajstić information content (AvgIpc) is 2.89. The second-order valence-corrected chi connectivity index (χ2v) is 7.13. The zero-order valence-corrected chi connectivity index (χ0v) is 16.2. The first-order chi connectivity index (χ1) is 14.0. The highest BCUT2D eigenvalue weighted by Gasteiger charge is 2.47. The van der Waals surface area contributed by atoms with Crippen molar-refractivity contribution < 1.29 is 14.3 Å². The Labute approximate surface area is 169 Å². The molecule has 1 aliphatic heterocycles. The number of Topliss-reactive ketones (excluding diaryl/α,β-unsaturated/α-hetero) is 1. The summed E-state index contributed by atoms with van der Waals surface area (Å²) in [7, 11) is 1.56. The minimum Gasteiger partial charge on any atom is -0.497 e. The Morgan fingerprint density at radius 3 is 2.31 bits per heavy atom. The van der Waals surface area contributed by atoms with Gasteiger partial charge in [-0.15, -0.1) is 0 Å². The molecule has 1 heterocycles. The monoisotopic (exact) mass is 386 g/mol. The lowest BCUT2D eigenvalue weighted by atomic mass is 9.84. The topological polar surface area (TPSA) is 72.6 Å². The van der Waals surface area contributed by atoms with Gasteiger partial charge in [0, 0.05) is 11.3 Å². The lowest BCUT2D eigenvalue weighted by molar-refractivity contribution is -0.121.